The topological polar surface area (TPSA) is 94.3 Å². The molecular weight excluding hydrogens is 254 g/mol. The summed E-state index contributed by atoms with van der Waals surface area (Å²) in [5, 5.41) is 22.5. The lowest BCUT2D eigenvalue weighted by atomic mass is 10.2. The van der Waals surface area contributed by atoms with Crippen molar-refractivity contribution < 1.29 is 15.0 Å². The Labute approximate surface area is 107 Å². The summed E-state index contributed by atoms with van der Waals surface area (Å²) >= 11 is 1.25. The number of hydrazone groups is 1. The average molecular weight is 265 g/mol. The first-order chi connectivity index (χ1) is 8.56. The van der Waals surface area contributed by atoms with E-state index < -0.39 is 0 Å². The zero-order chi connectivity index (χ0) is 13.1. The van der Waals surface area contributed by atoms with E-state index in [4.69, 9.17) is 5.11 Å². The van der Waals surface area contributed by atoms with Gasteiger partial charge in [0, 0.05) is 6.21 Å². The van der Waals surface area contributed by atoms with E-state index >= 15 is 0 Å². The van der Waals surface area contributed by atoms with Gasteiger partial charge in [-0.15, -0.1) is 5.10 Å². The van der Waals surface area contributed by atoms with Crippen molar-refractivity contribution >= 4 is 29.1 Å². The molecule has 0 spiro atoms. The molecule has 1 aliphatic heterocycles. The monoisotopic (exact) mass is 265 g/mol. The molecule has 0 aliphatic carbocycles. The van der Waals surface area contributed by atoms with Crippen LogP contribution in [0.4, 0.5) is 0 Å². The molecule has 7 heteroatoms. The van der Waals surface area contributed by atoms with Crippen molar-refractivity contribution in [2.24, 2.45) is 10.1 Å². The van der Waals surface area contributed by atoms with E-state index in [1.54, 1.807) is 13.0 Å². The molecule has 6 nitrogen and oxygen atoms in total. The summed E-state index contributed by atoms with van der Waals surface area (Å²) in [6.45, 7) is 1.76. The number of carbonyl (C=O) groups excluding carboxylic acids is 1. The SMILES string of the molecule is CC1SC(N=Cc2ccc(O)c(O)c2)=NNC1=O. The summed E-state index contributed by atoms with van der Waals surface area (Å²) in [5.74, 6) is -0.544. The average Bonchev–Trinajstić information content (AvgIpc) is 2.35. The second-order valence-electron chi connectivity index (χ2n) is 3.64. The maximum atomic E-state index is 11.1. The van der Waals surface area contributed by atoms with E-state index in [-0.39, 0.29) is 22.7 Å². The molecule has 1 atom stereocenters. The van der Waals surface area contributed by atoms with Crippen molar-refractivity contribution in [3.8, 4) is 11.5 Å². The normalized spacial score (nSPS) is 19.7. The summed E-state index contributed by atoms with van der Waals surface area (Å²) < 4.78 is 0. The van der Waals surface area contributed by atoms with E-state index in [1.165, 1.54) is 30.1 Å². The van der Waals surface area contributed by atoms with Gasteiger partial charge in [0.05, 0.1) is 5.25 Å². The number of thioether (sulfide) groups is 1. The minimum atomic E-state index is -0.233. The van der Waals surface area contributed by atoms with Crippen molar-refractivity contribution in [2.45, 2.75) is 12.2 Å². The number of nitrogens with one attached hydrogen (secondary N) is 1. The molecule has 0 saturated carbocycles. The van der Waals surface area contributed by atoms with Crippen LogP contribution in [0.5, 0.6) is 11.5 Å². The Kier molecular flexibility index (Phi) is 3.52. The number of carbonyl (C=O) groups is 1. The van der Waals surface area contributed by atoms with Crippen molar-refractivity contribution in [3.63, 3.8) is 0 Å². The maximum absolute atomic E-state index is 11.1. The number of aliphatic imine (C=N–C) groups is 1. The number of amides is 1. The van der Waals surface area contributed by atoms with Gasteiger partial charge in [-0.05, 0) is 30.7 Å². The summed E-state index contributed by atoms with van der Waals surface area (Å²) in [5.41, 5.74) is 2.99. The number of amidine groups is 1. The zero-order valence-electron chi connectivity index (χ0n) is 9.49. The van der Waals surface area contributed by atoms with Gasteiger partial charge in [-0.2, -0.15) is 0 Å². The predicted octanol–water partition coefficient (Wildman–Crippen LogP) is 1.04. The Morgan fingerprint density at radius 3 is 2.89 bits per heavy atom. The largest absolute Gasteiger partial charge is 0.504 e. The van der Waals surface area contributed by atoms with E-state index in [0.29, 0.717) is 10.7 Å². The fourth-order valence-corrected chi connectivity index (χ4v) is 1.93. The van der Waals surface area contributed by atoms with Gasteiger partial charge < -0.3 is 10.2 Å². The standard InChI is InChI=1S/C11H11N3O3S/c1-6-10(17)13-14-11(18-6)12-5-7-2-3-8(15)9(16)4-7/h2-6,15-16H,1H3,(H,13,17). The Bertz CT molecular complexity index is 542. The van der Waals surface area contributed by atoms with Crippen LogP contribution in [0, 0.1) is 0 Å². The van der Waals surface area contributed by atoms with Crippen LogP contribution in [0.15, 0.2) is 28.3 Å². The number of rotatable bonds is 1. The highest BCUT2D eigenvalue weighted by molar-refractivity contribution is 8.15. The minimum absolute atomic E-state index is 0.152. The third kappa shape index (κ3) is 2.80. The first-order valence-corrected chi connectivity index (χ1v) is 6.04. The molecule has 18 heavy (non-hydrogen) atoms. The molecule has 0 radical (unpaired) electrons. The number of hydrogen-bond acceptors (Lipinski definition) is 6. The molecule has 1 amide bonds. The van der Waals surface area contributed by atoms with Crippen LogP contribution < -0.4 is 5.43 Å². The fraction of sp³-hybridized carbons (Fsp3) is 0.182. The molecule has 1 aromatic carbocycles. The Morgan fingerprint density at radius 2 is 2.22 bits per heavy atom. The Balaban J connectivity index is 2.11. The fourth-order valence-electron chi connectivity index (χ4n) is 1.24. The number of aromatic hydroxyl groups is 2. The van der Waals surface area contributed by atoms with Gasteiger partial charge in [0.25, 0.3) is 5.91 Å². The van der Waals surface area contributed by atoms with E-state index in [0.717, 1.165) is 0 Å². The van der Waals surface area contributed by atoms with Gasteiger partial charge in [-0.1, -0.05) is 11.8 Å². The molecule has 2 rings (SSSR count). The number of hydrogen-bond donors (Lipinski definition) is 3. The summed E-state index contributed by atoms with van der Waals surface area (Å²) in [6.07, 6.45) is 1.50. The molecule has 1 heterocycles. The van der Waals surface area contributed by atoms with Crippen LogP contribution in [0.25, 0.3) is 0 Å². The molecule has 0 aromatic heterocycles. The van der Waals surface area contributed by atoms with Crippen LogP contribution in [0.3, 0.4) is 0 Å². The van der Waals surface area contributed by atoms with Crippen LogP contribution >= 0.6 is 11.8 Å². The molecule has 0 fully saturated rings. The molecule has 1 unspecified atom stereocenters. The smallest absolute Gasteiger partial charge is 0.253 e. The Hall–Kier alpha value is -2.02. The Morgan fingerprint density at radius 1 is 1.44 bits per heavy atom. The van der Waals surface area contributed by atoms with Gasteiger partial charge in [0.15, 0.2) is 11.5 Å². The van der Waals surface area contributed by atoms with Crippen LogP contribution in [0.2, 0.25) is 0 Å². The third-order valence-electron chi connectivity index (χ3n) is 2.24. The van der Waals surface area contributed by atoms with Gasteiger partial charge in [0.1, 0.15) is 0 Å². The third-order valence-corrected chi connectivity index (χ3v) is 3.21. The zero-order valence-corrected chi connectivity index (χ0v) is 10.3. The van der Waals surface area contributed by atoms with Crippen LogP contribution in [-0.2, 0) is 4.79 Å². The second kappa shape index (κ2) is 5.09. The van der Waals surface area contributed by atoms with E-state index in [2.05, 4.69) is 15.5 Å². The number of benzene rings is 1. The lowest BCUT2D eigenvalue weighted by molar-refractivity contribution is -0.120. The molecular formula is C11H11N3O3S. The predicted molar refractivity (Wildman–Crippen MR) is 70.0 cm³/mol. The van der Waals surface area contributed by atoms with Crippen molar-refractivity contribution in [1.29, 1.82) is 0 Å². The minimum Gasteiger partial charge on any atom is -0.504 e. The lowest BCUT2D eigenvalue weighted by Gasteiger charge is -2.13. The van der Waals surface area contributed by atoms with Crippen LogP contribution in [0.1, 0.15) is 12.5 Å². The molecule has 3 N–H and O–H groups in total. The van der Waals surface area contributed by atoms with Gasteiger partial charge in [-0.25, -0.2) is 10.4 Å². The molecule has 1 aliphatic rings. The first kappa shape index (κ1) is 12.4. The van der Waals surface area contributed by atoms with Crippen molar-refractivity contribution in [2.75, 3.05) is 0 Å². The quantitative estimate of drug-likeness (QED) is 0.522. The van der Waals surface area contributed by atoms with Gasteiger partial charge in [-0.3, -0.25) is 4.79 Å². The number of phenolic OH excluding ortho intramolecular Hbond substituents is 2. The number of phenols is 2. The van der Waals surface area contributed by atoms with Gasteiger partial charge in [0.2, 0.25) is 5.17 Å². The molecule has 0 bridgehead atoms. The molecule has 94 valence electrons. The summed E-state index contributed by atoms with van der Waals surface area (Å²) in [6, 6.07) is 4.36. The first-order valence-electron chi connectivity index (χ1n) is 5.16. The highest BCUT2D eigenvalue weighted by Crippen LogP contribution is 2.24. The highest BCUT2D eigenvalue weighted by atomic mass is 32.2. The summed E-state index contributed by atoms with van der Waals surface area (Å²) in [4.78, 5) is 15.2. The van der Waals surface area contributed by atoms with Crippen molar-refractivity contribution in [3.05, 3.63) is 23.8 Å². The van der Waals surface area contributed by atoms with E-state index in [1.807, 2.05) is 0 Å². The number of nitrogens with zero attached hydrogens (tertiary/aromatic N) is 2. The van der Waals surface area contributed by atoms with Gasteiger partial charge >= 0.3 is 0 Å². The van der Waals surface area contributed by atoms with Crippen molar-refractivity contribution in [1.82, 2.24) is 5.43 Å². The summed E-state index contributed by atoms with van der Waals surface area (Å²) in [7, 11) is 0. The maximum Gasteiger partial charge on any atom is 0.253 e. The highest BCUT2D eigenvalue weighted by Gasteiger charge is 2.20. The van der Waals surface area contributed by atoms with E-state index in [9.17, 15) is 9.90 Å². The van der Waals surface area contributed by atoms with Crippen LogP contribution in [-0.4, -0.2) is 32.8 Å². The second-order valence-corrected chi connectivity index (χ2v) is 4.94. The molecule has 0 saturated heterocycles. The molecule has 1 aromatic rings. The lowest BCUT2D eigenvalue weighted by Crippen LogP contribution is -2.32.